The van der Waals surface area contributed by atoms with E-state index in [1.165, 1.54) is 13.8 Å². The number of ether oxygens (including phenoxy) is 2. The van der Waals surface area contributed by atoms with E-state index in [1.807, 2.05) is 24.3 Å². The van der Waals surface area contributed by atoms with Crippen LogP contribution in [0.1, 0.15) is 20.3 Å². The molecule has 0 saturated carbocycles. The van der Waals surface area contributed by atoms with Crippen LogP contribution < -0.4 is 20.1 Å². The third-order valence-corrected chi connectivity index (χ3v) is 3.13. The zero-order valence-corrected chi connectivity index (χ0v) is 14.4. The van der Waals surface area contributed by atoms with Crippen molar-refractivity contribution >= 4 is 23.2 Å². The van der Waals surface area contributed by atoms with Crippen molar-refractivity contribution in [3.63, 3.8) is 0 Å². The molecule has 0 radical (unpaired) electrons. The van der Waals surface area contributed by atoms with Gasteiger partial charge >= 0.3 is 0 Å². The predicted molar refractivity (Wildman–Crippen MR) is 97.1 cm³/mol. The van der Waals surface area contributed by atoms with Crippen molar-refractivity contribution in [1.29, 1.82) is 0 Å². The van der Waals surface area contributed by atoms with Crippen molar-refractivity contribution in [2.24, 2.45) is 0 Å². The van der Waals surface area contributed by atoms with Crippen molar-refractivity contribution in [2.75, 3.05) is 23.8 Å². The molecule has 0 fully saturated rings. The molecule has 0 spiro atoms. The van der Waals surface area contributed by atoms with Crippen LogP contribution in [0.4, 0.5) is 11.4 Å². The fourth-order valence-electron chi connectivity index (χ4n) is 2.17. The van der Waals surface area contributed by atoms with Crippen LogP contribution in [0.3, 0.4) is 0 Å². The van der Waals surface area contributed by atoms with Crippen LogP contribution in [0.2, 0.25) is 0 Å². The third-order valence-electron chi connectivity index (χ3n) is 3.13. The van der Waals surface area contributed by atoms with E-state index in [0.29, 0.717) is 42.5 Å². The van der Waals surface area contributed by atoms with Gasteiger partial charge in [-0.1, -0.05) is 12.1 Å². The summed E-state index contributed by atoms with van der Waals surface area (Å²) >= 11 is 0. The molecule has 25 heavy (non-hydrogen) atoms. The number of hydrogen-bond donors (Lipinski definition) is 2. The van der Waals surface area contributed by atoms with E-state index >= 15 is 0 Å². The second-order valence-electron chi connectivity index (χ2n) is 5.47. The van der Waals surface area contributed by atoms with Gasteiger partial charge in [0, 0.05) is 43.8 Å². The Morgan fingerprint density at radius 2 is 1.24 bits per heavy atom. The fourth-order valence-corrected chi connectivity index (χ4v) is 2.17. The summed E-state index contributed by atoms with van der Waals surface area (Å²) in [5, 5.41) is 5.43. The first-order valence-corrected chi connectivity index (χ1v) is 8.04. The van der Waals surface area contributed by atoms with Crippen molar-refractivity contribution in [2.45, 2.75) is 20.3 Å². The summed E-state index contributed by atoms with van der Waals surface area (Å²) in [6.45, 7) is 3.92. The van der Waals surface area contributed by atoms with Crippen LogP contribution in [0.5, 0.6) is 11.5 Å². The van der Waals surface area contributed by atoms with E-state index in [0.717, 1.165) is 0 Å². The van der Waals surface area contributed by atoms with E-state index in [1.54, 1.807) is 24.3 Å². The standard InChI is InChI=1S/C19H22N2O4/c1-14(22)20-16-6-3-8-18(12-16)24-10-5-11-25-19-9-4-7-17(13-19)21-15(2)23/h3-4,6-9,12-13H,5,10-11H2,1-2H3,(H,20,22)(H,21,23). The van der Waals surface area contributed by atoms with Gasteiger partial charge in [-0.05, 0) is 24.3 Å². The Bertz CT molecular complexity index is 669. The molecule has 2 aromatic rings. The molecule has 2 rings (SSSR count). The minimum absolute atomic E-state index is 0.118. The first-order valence-electron chi connectivity index (χ1n) is 8.04. The summed E-state index contributed by atoms with van der Waals surface area (Å²) in [6, 6.07) is 14.5. The lowest BCUT2D eigenvalue weighted by Gasteiger charge is -2.10. The van der Waals surface area contributed by atoms with Gasteiger partial charge < -0.3 is 20.1 Å². The molecule has 0 aliphatic heterocycles. The molecule has 0 aliphatic carbocycles. The van der Waals surface area contributed by atoms with E-state index in [4.69, 9.17) is 9.47 Å². The summed E-state index contributed by atoms with van der Waals surface area (Å²) in [5.41, 5.74) is 1.41. The van der Waals surface area contributed by atoms with Gasteiger partial charge in [-0.3, -0.25) is 9.59 Å². The average molecular weight is 342 g/mol. The van der Waals surface area contributed by atoms with E-state index in [-0.39, 0.29) is 11.8 Å². The van der Waals surface area contributed by atoms with Crippen LogP contribution in [-0.2, 0) is 9.59 Å². The minimum atomic E-state index is -0.118. The van der Waals surface area contributed by atoms with Crippen LogP contribution in [0.15, 0.2) is 48.5 Å². The molecule has 0 unspecified atom stereocenters. The summed E-state index contributed by atoms with van der Waals surface area (Å²) in [6.07, 6.45) is 0.703. The van der Waals surface area contributed by atoms with Crippen molar-refractivity contribution in [3.8, 4) is 11.5 Å². The SMILES string of the molecule is CC(=O)Nc1cccc(OCCCOc2cccc(NC(C)=O)c2)c1. The smallest absolute Gasteiger partial charge is 0.221 e. The van der Waals surface area contributed by atoms with Crippen LogP contribution >= 0.6 is 0 Å². The second-order valence-corrected chi connectivity index (χ2v) is 5.47. The zero-order valence-electron chi connectivity index (χ0n) is 14.4. The summed E-state index contributed by atoms with van der Waals surface area (Å²) in [7, 11) is 0. The Labute approximate surface area is 147 Å². The predicted octanol–water partition coefficient (Wildman–Crippen LogP) is 3.45. The number of nitrogens with one attached hydrogen (secondary N) is 2. The van der Waals surface area contributed by atoms with E-state index < -0.39 is 0 Å². The Balaban J connectivity index is 1.73. The quantitative estimate of drug-likeness (QED) is 0.721. The molecule has 0 atom stereocenters. The molecule has 0 saturated heterocycles. The number of benzene rings is 2. The highest BCUT2D eigenvalue weighted by Gasteiger charge is 2.01. The molecule has 2 N–H and O–H groups in total. The van der Waals surface area contributed by atoms with Gasteiger partial charge in [-0.2, -0.15) is 0 Å². The number of carbonyl (C=O) groups is 2. The summed E-state index contributed by atoms with van der Waals surface area (Å²) in [5.74, 6) is 1.15. The van der Waals surface area contributed by atoms with Crippen molar-refractivity contribution in [3.05, 3.63) is 48.5 Å². The van der Waals surface area contributed by atoms with Gasteiger partial charge in [0.15, 0.2) is 0 Å². The number of anilines is 2. The number of hydrogen-bond acceptors (Lipinski definition) is 4. The highest BCUT2D eigenvalue weighted by Crippen LogP contribution is 2.19. The van der Waals surface area contributed by atoms with Gasteiger partial charge in [0.25, 0.3) is 0 Å². The maximum Gasteiger partial charge on any atom is 0.221 e. The lowest BCUT2D eigenvalue weighted by molar-refractivity contribution is -0.115. The lowest BCUT2D eigenvalue weighted by Crippen LogP contribution is -2.08. The highest BCUT2D eigenvalue weighted by atomic mass is 16.5. The Morgan fingerprint density at radius 3 is 1.64 bits per heavy atom. The molecule has 6 nitrogen and oxygen atoms in total. The van der Waals surface area contributed by atoms with Crippen LogP contribution in [0, 0.1) is 0 Å². The molecule has 0 aromatic heterocycles. The molecule has 0 bridgehead atoms. The Morgan fingerprint density at radius 1 is 0.800 bits per heavy atom. The number of amides is 2. The summed E-state index contributed by atoms with van der Waals surface area (Å²) < 4.78 is 11.3. The monoisotopic (exact) mass is 342 g/mol. The molecule has 2 aromatic carbocycles. The third kappa shape index (κ3) is 6.95. The van der Waals surface area contributed by atoms with Gasteiger partial charge in [-0.25, -0.2) is 0 Å². The topological polar surface area (TPSA) is 76.7 Å². The number of carbonyl (C=O) groups excluding carboxylic acids is 2. The Kier molecular flexibility index (Phi) is 6.83. The van der Waals surface area contributed by atoms with Gasteiger partial charge in [-0.15, -0.1) is 0 Å². The number of rotatable bonds is 8. The Hall–Kier alpha value is -3.02. The largest absolute Gasteiger partial charge is 0.493 e. The molecule has 132 valence electrons. The maximum atomic E-state index is 11.0. The molecular weight excluding hydrogens is 320 g/mol. The minimum Gasteiger partial charge on any atom is -0.493 e. The lowest BCUT2D eigenvalue weighted by atomic mass is 10.3. The van der Waals surface area contributed by atoms with Gasteiger partial charge in [0.05, 0.1) is 13.2 Å². The van der Waals surface area contributed by atoms with E-state index in [2.05, 4.69) is 10.6 Å². The molecular formula is C19H22N2O4. The van der Waals surface area contributed by atoms with Crippen LogP contribution in [-0.4, -0.2) is 25.0 Å². The van der Waals surface area contributed by atoms with Crippen LogP contribution in [0.25, 0.3) is 0 Å². The maximum absolute atomic E-state index is 11.0. The average Bonchev–Trinajstić information content (AvgIpc) is 2.54. The van der Waals surface area contributed by atoms with E-state index in [9.17, 15) is 9.59 Å². The summed E-state index contributed by atoms with van der Waals surface area (Å²) in [4.78, 5) is 22.1. The second kappa shape index (κ2) is 9.32. The molecule has 0 heterocycles. The van der Waals surface area contributed by atoms with Crippen molar-refractivity contribution < 1.29 is 19.1 Å². The fraction of sp³-hybridized carbons (Fsp3) is 0.263. The highest BCUT2D eigenvalue weighted by molar-refractivity contribution is 5.89. The first kappa shape index (κ1) is 18.3. The zero-order chi connectivity index (χ0) is 18.1. The van der Waals surface area contributed by atoms with Gasteiger partial charge in [0.1, 0.15) is 11.5 Å². The first-order chi connectivity index (χ1) is 12.0. The molecule has 6 heteroatoms. The molecule has 0 aliphatic rings. The van der Waals surface area contributed by atoms with Crippen molar-refractivity contribution in [1.82, 2.24) is 0 Å². The molecule has 2 amide bonds. The normalized spacial score (nSPS) is 10.0. The van der Waals surface area contributed by atoms with Gasteiger partial charge in [0.2, 0.25) is 11.8 Å².